The average molecular weight is 152 g/mol. The topological polar surface area (TPSA) is 38.3 Å². The summed E-state index contributed by atoms with van der Waals surface area (Å²) in [4.78, 5) is 11.5. The highest BCUT2D eigenvalue weighted by Crippen LogP contribution is 2.07. The van der Waals surface area contributed by atoms with Crippen molar-refractivity contribution >= 4 is 5.97 Å². The largest absolute Gasteiger partial charge is 0.468 e. The fraction of sp³-hybridized carbons (Fsp3) is 0.857. The third-order valence-electron chi connectivity index (χ3n) is 0.890. The molecule has 0 saturated carbocycles. The summed E-state index contributed by atoms with van der Waals surface area (Å²) in [5.41, 5.74) is 0. The molecule has 1 aliphatic heterocycles. The van der Waals surface area contributed by atoms with Gasteiger partial charge in [-0.3, -0.25) is 4.79 Å². The highest BCUT2D eigenvalue weighted by molar-refractivity contribution is 5.75. The Labute approximate surface area is 73.4 Å². The van der Waals surface area contributed by atoms with Gasteiger partial charge in [0.2, 0.25) is 0 Å². The summed E-state index contributed by atoms with van der Waals surface area (Å²) < 4.78 is 71.9. The van der Waals surface area contributed by atoms with Gasteiger partial charge in [0.05, 0.1) is 8.48 Å². The van der Waals surface area contributed by atoms with Crippen LogP contribution in [0.1, 0.15) is 31.5 Å². The van der Waals surface area contributed by atoms with Crippen LogP contribution in [0.4, 0.5) is 0 Å². The molecule has 0 aromatic rings. The van der Waals surface area contributed by atoms with E-state index in [-0.39, 0.29) is 0 Å². The fourth-order valence-electron chi connectivity index (χ4n) is 0.454. The van der Waals surface area contributed by atoms with Crippen molar-refractivity contribution in [3.8, 4) is 0 Å². The molecule has 1 heterocycles. The number of rotatable bonds is 1. The molecule has 1 aliphatic rings. The van der Waals surface area contributed by atoms with Crippen molar-refractivity contribution < 1.29 is 21.9 Å². The summed E-state index contributed by atoms with van der Waals surface area (Å²) in [7, 11) is 0.838. The molecule has 0 aromatic heterocycles. The zero-order valence-corrected chi connectivity index (χ0v) is 5.32. The number of carbonyl (C=O) groups excluding carboxylic acids is 1. The van der Waals surface area contributed by atoms with Gasteiger partial charge in [-0.15, -0.1) is 0 Å². The second kappa shape index (κ2) is 3.56. The first-order valence-corrected chi connectivity index (χ1v) is 2.57. The van der Waals surface area contributed by atoms with Crippen molar-refractivity contribution in [2.24, 2.45) is 0 Å². The molecule has 1 saturated heterocycles. The molecule has 58 valence electrons. The zero-order chi connectivity index (χ0) is 15.5. The monoisotopic (exact) mass is 152 g/mol. The number of carbonyl (C=O) groups is 1. The molecule has 0 bridgehead atoms. The van der Waals surface area contributed by atoms with Gasteiger partial charge in [0.25, 0.3) is 0 Å². The molecule has 0 unspecified atom stereocenters. The third kappa shape index (κ3) is 1.70. The van der Waals surface area contributed by atoms with Crippen LogP contribution in [0.5, 0.6) is 0 Å². The van der Waals surface area contributed by atoms with Crippen LogP contribution in [-0.4, -0.2) is 25.6 Å². The first-order chi connectivity index (χ1) is 8.19. The second-order valence-corrected chi connectivity index (χ2v) is 1.49. The van der Waals surface area contributed by atoms with Gasteiger partial charge in [0.15, 0.2) is 0 Å². The van der Waals surface area contributed by atoms with Crippen LogP contribution in [0.15, 0.2) is 0 Å². The molecule has 0 aliphatic carbocycles. The van der Waals surface area contributed by atoms with Gasteiger partial charge in [-0.2, -0.15) is 0 Å². The Morgan fingerprint density at radius 1 is 1.90 bits per heavy atom. The summed E-state index contributed by atoms with van der Waals surface area (Å²) in [5.74, 6) is -1.54. The standard InChI is InChI=1S/C7H13NO2/c1-10-7(9)6-4-2-3-5-8-6/h6,8H,2-5H2,1H3/t6-/m1/s1/i2D2,3D2,4D2,5D2,6D. The minimum atomic E-state index is -3.44. The first kappa shape index (κ1) is 1.97. The highest BCUT2D eigenvalue weighted by atomic mass is 16.5. The maximum atomic E-state index is 11.5. The molecule has 1 N–H and O–H groups in total. The van der Waals surface area contributed by atoms with Crippen molar-refractivity contribution in [3.63, 3.8) is 0 Å². The van der Waals surface area contributed by atoms with Crippen molar-refractivity contribution in [1.29, 1.82) is 0 Å². The van der Waals surface area contributed by atoms with E-state index in [2.05, 4.69) is 4.74 Å². The van der Waals surface area contributed by atoms with Gasteiger partial charge < -0.3 is 10.1 Å². The van der Waals surface area contributed by atoms with Gasteiger partial charge in [-0.1, -0.05) is 6.37 Å². The molecule has 1 fully saturated rings. The summed E-state index contributed by atoms with van der Waals surface area (Å²) in [6, 6.07) is -3.11. The first-order valence-electron chi connectivity index (χ1n) is 7.07. The molecule has 1 atom stereocenters. The molecule has 0 spiro atoms. The van der Waals surface area contributed by atoms with E-state index in [1.807, 2.05) is 0 Å². The van der Waals surface area contributed by atoms with Crippen molar-refractivity contribution in [1.82, 2.24) is 5.32 Å². The Bertz CT molecular complexity index is 409. The molecule has 3 nitrogen and oxygen atoms in total. The minimum Gasteiger partial charge on any atom is -0.468 e. The van der Waals surface area contributed by atoms with E-state index in [1.54, 1.807) is 5.32 Å². The summed E-state index contributed by atoms with van der Waals surface area (Å²) in [6.45, 7) is -3.14. The predicted octanol–water partition coefficient (Wildman–Crippen LogP) is 0.301. The Morgan fingerprint density at radius 2 is 2.70 bits per heavy atom. The molecule has 1 rings (SSSR count). The Morgan fingerprint density at radius 3 is 3.40 bits per heavy atom. The van der Waals surface area contributed by atoms with E-state index >= 15 is 0 Å². The normalized spacial score (nSPS) is 66.7. The van der Waals surface area contributed by atoms with Crippen molar-refractivity contribution in [3.05, 3.63) is 0 Å². The number of ether oxygens (including phenoxy) is 1. The average Bonchev–Trinajstić information content (AvgIpc) is 2.24. The van der Waals surface area contributed by atoms with E-state index in [4.69, 9.17) is 12.3 Å². The molecule has 0 radical (unpaired) electrons. The van der Waals surface area contributed by atoms with Crippen molar-refractivity contribution in [2.75, 3.05) is 13.6 Å². The number of hydrogen-bond donors (Lipinski definition) is 1. The van der Waals surface area contributed by atoms with Gasteiger partial charge in [-0.25, -0.2) is 0 Å². The minimum absolute atomic E-state index is 0.838. The summed E-state index contributed by atoms with van der Waals surface area (Å²) >= 11 is 0. The van der Waals surface area contributed by atoms with Crippen LogP contribution >= 0.6 is 0 Å². The quantitative estimate of drug-likeness (QED) is 0.549. The molecular formula is C7H13NO2. The lowest BCUT2D eigenvalue weighted by Crippen LogP contribution is -2.40. The van der Waals surface area contributed by atoms with Crippen LogP contribution in [0.2, 0.25) is 0 Å². The number of piperidine rings is 1. The van der Waals surface area contributed by atoms with Gasteiger partial charge in [0.1, 0.15) is 6.02 Å². The SMILES string of the molecule is [2H]C1([2H])N[C@@]([2H])(C(=O)OC)C([2H])([2H])C([2H])([2H])C1([2H])[2H]. The van der Waals surface area contributed by atoms with Gasteiger partial charge in [-0.05, 0) is 19.2 Å². The van der Waals surface area contributed by atoms with Crippen LogP contribution in [0.25, 0.3) is 0 Å². The fourth-order valence-corrected chi connectivity index (χ4v) is 0.454. The van der Waals surface area contributed by atoms with Crippen LogP contribution < -0.4 is 5.32 Å². The summed E-state index contributed by atoms with van der Waals surface area (Å²) in [6.07, 6.45) is -10.1. The molecule has 3 heteroatoms. The molecule has 0 amide bonds. The van der Waals surface area contributed by atoms with E-state index < -0.39 is 37.6 Å². The Kier molecular flexibility index (Phi) is 0.703. The van der Waals surface area contributed by atoms with E-state index in [1.165, 1.54) is 0 Å². The molecule has 10 heavy (non-hydrogen) atoms. The van der Waals surface area contributed by atoms with E-state index in [0.717, 1.165) is 7.11 Å². The van der Waals surface area contributed by atoms with Crippen molar-refractivity contribution in [2.45, 2.75) is 25.1 Å². The predicted molar refractivity (Wildman–Crippen MR) is 37.7 cm³/mol. The van der Waals surface area contributed by atoms with E-state index in [0.29, 0.717) is 0 Å². The Balaban J connectivity index is 3.55. The highest BCUT2D eigenvalue weighted by Gasteiger charge is 2.20. The van der Waals surface area contributed by atoms with Crippen LogP contribution in [0, 0.1) is 0 Å². The van der Waals surface area contributed by atoms with Gasteiger partial charge in [0, 0.05) is 11.0 Å². The Hall–Kier alpha value is -0.570. The summed E-state index contributed by atoms with van der Waals surface area (Å²) in [5, 5.41) is 1.59. The maximum absolute atomic E-state index is 11.5. The lowest BCUT2D eigenvalue weighted by Gasteiger charge is -2.20. The number of esters is 1. The van der Waals surface area contributed by atoms with Crippen LogP contribution in [-0.2, 0) is 9.53 Å². The lowest BCUT2D eigenvalue weighted by atomic mass is 10.1. The zero-order valence-electron chi connectivity index (χ0n) is 14.3. The number of hydrogen-bond acceptors (Lipinski definition) is 3. The second-order valence-electron chi connectivity index (χ2n) is 1.49. The smallest absolute Gasteiger partial charge is 0.322 e. The molecular weight excluding hydrogens is 130 g/mol. The molecule has 0 aromatic carbocycles. The number of methoxy groups -OCH3 is 1. The van der Waals surface area contributed by atoms with Crippen LogP contribution in [0.3, 0.4) is 0 Å². The maximum Gasteiger partial charge on any atom is 0.322 e. The third-order valence-corrected chi connectivity index (χ3v) is 0.890. The number of nitrogens with one attached hydrogen (secondary N) is 1. The lowest BCUT2D eigenvalue weighted by molar-refractivity contribution is -0.143. The van der Waals surface area contributed by atoms with E-state index in [9.17, 15) is 4.79 Å². The van der Waals surface area contributed by atoms with Gasteiger partial charge >= 0.3 is 5.97 Å².